The van der Waals surface area contributed by atoms with Crippen molar-refractivity contribution >= 4 is 32.6 Å². The number of alkyl carbamates (subject to hydrolysis) is 1. The van der Waals surface area contributed by atoms with Gasteiger partial charge in [-0.1, -0.05) is 17.8 Å². The lowest BCUT2D eigenvalue weighted by Crippen LogP contribution is -2.43. The minimum Gasteiger partial charge on any atom is -0.480 e. The molecule has 0 unspecified atom stereocenters. The van der Waals surface area contributed by atoms with Crippen LogP contribution < -0.4 is 5.32 Å². The van der Waals surface area contributed by atoms with Crippen molar-refractivity contribution in [2.24, 2.45) is 5.16 Å². The Balaban J connectivity index is 2.43. The van der Waals surface area contributed by atoms with Crippen molar-refractivity contribution in [3.8, 4) is 0 Å². The normalized spacial score (nSPS) is 19.4. The van der Waals surface area contributed by atoms with Crippen LogP contribution in [-0.4, -0.2) is 40.5 Å². The highest BCUT2D eigenvalue weighted by molar-refractivity contribution is 9.18. The zero-order chi connectivity index (χ0) is 13.5. The maximum atomic E-state index is 11.2. The Morgan fingerprint density at radius 3 is 3.00 bits per heavy atom. The van der Waals surface area contributed by atoms with E-state index in [1.807, 2.05) is 0 Å². The van der Waals surface area contributed by atoms with Crippen molar-refractivity contribution < 1.29 is 24.3 Å². The van der Waals surface area contributed by atoms with E-state index in [1.54, 1.807) is 0 Å². The molecule has 1 rings (SSSR count). The second-order valence-electron chi connectivity index (χ2n) is 3.56. The van der Waals surface area contributed by atoms with Gasteiger partial charge in [0.05, 0.1) is 0 Å². The van der Waals surface area contributed by atoms with E-state index in [9.17, 15) is 9.59 Å². The second kappa shape index (κ2) is 7.00. The van der Waals surface area contributed by atoms with Gasteiger partial charge in [0.1, 0.15) is 23.4 Å². The molecular formula is C10H13BrN2O5. The molecule has 0 spiro atoms. The van der Waals surface area contributed by atoms with Crippen molar-refractivity contribution in [1.82, 2.24) is 5.32 Å². The van der Waals surface area contributed by atoms with Crippen LogP contribution in [0.3, 0.4) is 0 Å². The number of halogens is 1. The zero-order valence-corrected chi connectivity index (χ0v) is 11.1. The van der Waals surface area contributed by atoms with E-state index in [0.717, 1.165) is 0 Å². The number of ether oxygens (including phenoxy) is 1. The number of oxime groups is 1. The number of amides is 1. The molecule has 1 aliphatic rings. The van der Waals surface area contributed by atoms with Crippen molar-refractivity contribution in [2.45, 2.75) is 25.0 Å². The van der Waals surface area contributed by atoms with E-state index in [2.05, 4.69) is 37.7 Å². The fraction of sp³-hybridized carbons (Fsp3) is 0.500. The van der Waals surface area contributed by atoms with Gasteiger partial charge in [0.25, 0.3) is 0 Å². The number of hydrogen-bond acceptors (Lipinski definition) is 5. The minimum absolute atomic E-state index is 0.0206. The summed E-state index contributed by atoms with van der Waals surface area (Å²) >= 11 is 3.15. The molecule has 0 bridgehead atoms. The van der Waals surface area contributed by atoms with Gasteiger partial charge in [-0.15, -0.1) is 0 Å². The molecule has 0 aromatic heterocycles. The van der Waals surface area contributed by atoms with E-state index < -0.39 is 18.1 Å². The van der Waals surface area contributed by atoms with E-state index in [0.29, 0.717) is 11.0 Å². The zero-order valence-electron chi connectivity index (χ0n) is 9.47. The molecular weight excluding hydrogens is 308 g/mol. The van der Waals surface area contributed by atoms with Crippen LogP contribution in [-0.2, 0) is 14.4 Å². The highest BCUT2D eigenvalue weighted by Crippen LogP contribution is 2.18. The SMILES string of the molecule is C=CCOC(=O)N[C@H](C[C@@H]1CC(Br)=NO1)C(=O)O. The van der Waals surface area contributed by atoms with Crippen molar-refractivity contribution in [3.63, 3.8) is 0 Å². The number of carboxylic acid groups (broad SMARTS) is 1. The maximum Gasteiger partial charge on any atom is 0.408 e. The highest BCUT2D eigenvalue weighted by atomic mass is 79.9. The lowest BCUT2D eigenvalue weighted by molar-refractivity contribution is -0.140. The molecule has 2 atom stereocenters. The van der Waals surface area contributed by atoms with Crippen LogP contribution in [0.4, 0.5) is 4.79 Å². The topological polar surface area (TPSA) is 97.2 Å². The van der Waals surface area contributed by atoms with Gasteiger partial charge in [0.2, 0.25) is 0 Å². The average Bonchev–Trinajstić information content (AvgIpc) is 2.71. The molecule has 1 amide bonds. The van der Waals surface area contributed by atoms with Crippen LogP contribution in [0.2, 0.25) is 0 Å². The van der Waals surface area contributed by atoms with Crippen LogP contribution in [0.5, 0.6) is 0 Å². The summed E-state index contributed by atoms with van der Waals surface area (Å²) in [6.45, 7) is 3.40. The number of aliphatic carboxylic acids is 1. The summed E-state index contributed by atoms with van der Waals surface area (Å²) in [6.07, 6.45) is 0.797. The van der Waals surface area contributed by atoms with Crippen molar-refractivity contribution in [1.29, 1.82) is 0 Å². The first kappa shape index (κ1) is 14.5. The van der Waals surface area contributed by atoms with Crippen LogP contribution in [0, 0.1) is 0 Å². The maximum absolute atomic E-state index is 11.2. The average molecular weight is 321 g/mol. The Hall–Kier alpha value is -1.57. The standard InChI is InChI=1S/C10H13BrN2O5/c1-2-3-17-10(16)12-7(9(14)15)4-6-5-8(11)13-18-6/h2,6-7H,1,3-5H2,(H,12,16)(H,14,15)/t6-,7-/m1/s1. The van der Waals surface area contributed by atoms with Gasteiger partial charge < -0.3 is 20.0 Å². The van der Waals surface area contributed by atoms with Crippen LogP contribution in [0.1, 0.15) is 12.8 Å². The molecule has 2 N–H and O–H groups in total. The molecule has 7 nitrogen and oxygen atoms in total. The second-order valence-corrected chi connectivity index (χ2v) is 4.47. The number of nitrogens with one attached hydrogen (secondary N) is 1. The van der Waals surface area contributed by atoms with Crippen molar-refractivity contribution in [3.05, 3.63) is 12.7 Å². The first-order valence-corrected chi connectivity index (χ1v) is 5.97. The Bertz CT molecular complexity index is 371. The van der Waals surface area contributed by atoms with Gasteiger partial charge in [0.15, 0.2) is 0 Å². The van der Waals surface area contributed by atoms with E-state index >= 15 is 0 Å². The summed E-state index contributed by atoms with van der Waals surface area (Å²) in [5, 5.41) is 14.9. The van der Waals surface area contributed by atoms with Crippen LogP contribution in [0.15, 0.2) is 17.8 Å². The third kappa shape index (κ3) is 4.74. The van der Waals surface area contributed by atoms with Crippen molar-refractivity contribution in [2.75, 3.05) is 6.61 Å². The van der Waals surface area contributed by atoms with Gasteiger partial charge in [-0.05, 0) is 15.9 Å². The molecule has 0 fully saturated rings. The predicted octanol–water partition coefficient (Wildman–Crippen LogP) is 1.24. The molecule has 1 aliphatic heterocycles. The van der Waals surface area contributed by atoms with Gasteiger partial charge in [-0.3, -0.25) is 0 Å². The largest absolute Gasteiger partial charge is 0.480 e. The summed E-state index contributed by atoms with van der Waals surface area (Å²) < 4.78 is 5.26. The Labute approximate surface area is 112 Å². The Kier molecular flexibility index (Phi) is 5.63. The highest BCUT2D eigenvalue weighted by Gasteiger charge is 2.29. The molecule has 0 aliphatic carbocycles. The van der Waals surface area contributed by atoms with E-state index in [-0.39, 0.29) is 19.1 Å². The molecule has 1 heterocycles. The smallest absolute Gasteiger partial charge is 0.408 e. The number of carbonyl (C=O) groups excluding carboxylic acids is 1. The molecule has 0 saturated carbocycles. The number of nitrogens with zero attached hydrogens (tertiary/aromatic N) is 1. The van der Waals surface area contributed by atoms with Gasteiger partial charge >= 0.3 is 12.1 Å². The molecule has 0 aromatic carbocycles. The number of carbonyl (C=O) groups is 2. The third-order valence-corrected chi connectivity index (χ3v) is 2.59. The summed E-state index contributed by atoms with van der Waals surface area (Å²) in [5.74, 6) is -1.16. The van der Waals surface area contributed by atoms with Crippen LogP contribution >= 0.6 is 15.9 Å². The molecule has 100 valence electrons. The van der Waals surface area contributed by atoms with E-state index in [1.165, 1.54) is 6.08 Å². The lowest BCUT2D eigenvalue weighted by Gasteiger charge is -2.16. The van der Waals surface area contributed by atoms with Crippen LogP contribution in [0.25, 0.3) is 0 Å². The summed E-state index contributed by atoms with van der Waals surface area (Å²) in [5.41, 5.74) is 0. The molecule has 0 saturated heterocycles. The quantitative estimate of drug-likeness (QED) is 0.717. The van der Waals surface area contributed by atoms with Gasteiger partial charge in [0, 0.05) is 12.8 Å². The number of rotatable bonds is 6. The van der Waals surface area contributed by atoms with Gasteiger partial charge in [-0.2, -0.15) is 0 Å². The predicted molar refractivity (Wildman–Crippen MR) is 66.6 cm³/mol. The van der Waals surface area contributed by atoms with Gasteiger partial charge in [-0.25, -0.2) is 9.59 Å². The number of hydrogen-bond donors (Lipinski definition) is 2. The first-order chi connectivity index (χ1) is 8.52. The first-order valence-electron chi connectivity index (χ1n) is 5.18. The summed E-state index contributed by atoms with van der Waals surface area (Å²) in [7, 11) is 0. The Morgan fingerprint density at radius 1 is 1.78 bits per heavy atom. The summed E-state index contributed by atoms with van der Waals surface area (Å²) in [4.78, 5) is 27.2. The summed E-state index contributed by atoms with van der Waals surface area (Å²) in [6, 6.07) is -1.08. The third-order valence-electron chi connectivity index (χ3n) is 2.12. The number of carboxylic acids is 1. The molecule has 18 heavy (non-hydrogen) atoms. The fourth-order valence-electron chi connectivity index (χ4n) is 1.32. The molecule has 8 heteroatoms. The Morgan fingerprint density at radius 2 is 2.50 bits per heavy atom. The minimum atomic E-state index is -1.16. The fourth-order valence-corrected chi connectivity index (χ4v) is 1.77. The molecule has 0 aromatic rings. The van der Waals surface area contributed by atoms with E-state index in [4.69, 9.17) is 9.94 Å². The monoisotopic (exact) mass is 320 g/mol. The molecule has 0 radical (unpaired) electrons. The lowest BCUT2D eigenvalue weighted by atomic mass is 10.1.